The predicted molar refractivity (Wildman–Crippen MR) is 121 cm³/mol. The van der Waals surface area contributed by atoms with E-state index in [-0.39, 0.29) is 10.7 Å². The van der Waals surface area contributed by atoms with Gasteiger partial charge in [0, 0.05) is 5.69 Å². The van der Waals surface area contributed by atoms with Crippen molar-refractivity contribution in [3.05, 3.63) is 70.8 Å². The van der Waals surface area contributed by atoms with E-state index in [9.17, 15) is 19.6 Å². The standard InChI is InChI=1S/C23H20N4O3S/c1-13-4-7-17(8-5-13)25-20(28)16(12-24)11-19-21(29)26-23(31)27(22(19)30)18-9-6-14(2)15(3)10-18/h4-11,19H,1-3H3,(H,25,28)(H,26,29,31)/b16-11+/t19-/m1/s1. The topological polar surface area (TPSA) is 102 Å². The van der Waals surface area contributed by atoms with Gasteiger partial charge < -0.3 is 10.6 Å². The number of amides is 3. The average Bonchev–Trinajstić information content (AvgIpc) is 2.72. The van der Waals surface area contributed by atoms with Crippen LogP contribution in [0.3, 0.4) is 0 Å². The summed E-state index contributed by atoms with van der Waals surface area (Å²) >= 11 is 5.19. The van der Waals surface area contributed by atoms with Gasteiger partial charge in [-0.15, -0.1) is 0 Å². The highest BCUT2D eigenvalue weighted by Crippen LogP contribution is 2.24. The fourth-order valence-corrected chi connectivity index (χ4v) is 3.31. The first-order valence-corrected chi connectivity index (χ1v) is 9.88. The zero-order chi connectivity index (χ0) is 22.7. The number of nitrogens with zero attached hydrogens (tertiary/aromatic N) is 2. The Balaban J connectivity index is 1.89. The van der Waals surface area contributed by atoms with Crippen molar-refractivity contribution >= 4 is 46.4 Å². The minimum Gasteiger partial charge on any atom is -0.321 e. The van der Waals surface area contributed by atoms with E-state index in [0.29, 0.717) is 11.4 Å². The molecule has 3 rings (SSSR count). The Morgan fingerprint density at radius 2 is 1.81 bits per heavy atom. The lowest BCUT2D eigenvalue weighted by molar-refractivity contribution is -0.131. The second kappa shape index (κ2) is 8.90. The second-order valence-electron chi connectivity index (χ2n) is 7.23. The van der Waals surface area contributed by atoms with Crippen molar-refractivity contribution in [2.75, 3.05) is 10.2 Å². The van der Waals surface area contributed by atoms with Crippen molar-refractivity contribution in [3.8, 4) is 6.07 Å². The van der Waals surface area contributed by atoms with Crippen molar-refractivity contribution in [2.24, 2.45) is 5.92 Å². The van der Waals surface area contributed by atoms with Crippen LogP contribution in [-0.4, -0.2) is 22.8 Å². The Hall–Kier alpha value is -3.83. The molecule has 31 heavy (non-hydrogen) atoms. The fourth-order valence-electron chi connectivity index (χ4n) is 3.01. The molecule has 0 unspecified atom stereocenters. The van der Waals surface area contributed by atoms with Crippen LogP contribution in [-0.2, 0) is 14.4 Å². The summed E-state index contributed by atoms with van der Waals surface area (Å²) in [5, 5.41) is 14.5. The highest BCUT2D eigenvalue weighted by atomic mass is 32.1. The molecule has 1 aliphatic rings. The smallest absolute Gasteiger partial charge is 0.266 e. The first-order valence-electron chi connectivity index (χ1n) is 9.47. The number of benzene rings is 2. The van der Waals surface area contributed by atoms with E-state index in [1.54, 1.807) is 30.3 Å². The molecule has 0 saturated carbocycles. The summed E-state index contributed by atoms with van der Waals surface area (Å²) in [5.74, 6) is -3.40. The summed E-state index contributed by atoms with van der Waals surface area (Å²) < 4.78 is 0. The van der Waals surface area contributed by atoms with E-state index in [2.05, 4.69) is 10.6 Å². The SMILES string of the molecule is Cc1ccc(NC(=O)/C(C#N)=C/[C@@H]2C(=O)NC(=S)N(c3ccc(C)c(C)c3)C2=O)cc1. The van der Waals surface area contributed by atoms with Crippen LogP contribution in [0.2, 0.25) is 0 Å². The third kappa shape index (κ3) is 4.68. The van der Waals surface area contributed by atoms with Crippen molar-refractivity contribution in [2.45, 2.75) is 20.8 Å². The number of thiocarbonyl (C=S) groups is 1. The maximum atomic E-state index is 13.1. The Morgan fingerprint density at radius 3 is 2.42 bits per heavy atom. The van der Waals surface area contributed by atoms with Gasteiger partial charge in [-0.25, -0.2) is 0 Å². The summed E-state index contributed by atoms with van der Waals surface area (Å²) in [6.07, 6.45) is 1.07. The molecule has 156 valence electrons. The van der Waals surface area contributed by atoms with Gasteiger partial charge in [-0.2, -0.15) is 5.26 Å². The third-order valence-corrected chi connectivity index (χ3v) is 5.24. The van der Waals surface area contributed by atoms with Gasteiger partial charge in [0.05, 0.1) is 5.69 Å². The van der Waals surface area contributed by atoms with Crippen LogP contribution in [0.25, 0.3) is 0 Å². The molecular formula is C23H20N4O3S. The van der Waals surface area contributed by atoms with Crippen LogP contribution in [0.5, 0.6) is 0 Å². The van der Waals surface area contributed by atoms with Crippen LogP contribution in [0.1, 0.15) is 16.7 Å². The third-order valence-electron chi connectivity index (χ3n) is 4.96. The van der Waals surface area contributed by atoms with E-state index < -0.39 is 23.6 Å². The zero-order valence-corrected chi connectivity index (χ0v) is 18.0. The van der Waals surface area contributed by atoms with Crippen LogP contribution in [0, 0.1) is 38.0 Å². The largest absolute Gasteiger partial charge is 0.321 e. The Bertz CT molecular complexity index is 1160. The number of nitrogens with one attached hydrogen (secondary N) is 2. The molecule has 0 aromatic heterocycles. The molecule has 8 heteroatoms. The van der Waals surface area contributed by atoms with Crippen molar-refractivity contribution in [1.29, 1.82) is 5.26 Å². The van der Waals surface area contributed by atoms with Gasteiger partial charge in [0.15, 0.2) is 5.11 Å². The molecule has 0 aliphatic carbocycles. The molecule has 1 saturated heterocycles. The number of carbonyl (C=O) groups is 3. The molecule has 2 N–H and O–H groups in total. The lowest BCUT2D eigenvalue weighted by Gasteiger charge is -2.31. The van der Waals surface area contributed by atoms with Crippen LogP contribution in [0.15, 0.2) is 54.1 Å². The normalized spacial score (nSPS) is 16.6. The van der Waals surface area contributed by atoms with Gasteiger partial charge in [0.1, 0.15) is 17.6 Å². The molecule has 7 nitrogen and oxygen atoms in total. The molecular weight excluding hydrogens is 412 g/mol. The van der Waals surface area contributed by atoms with Gasteiger partial charge in [0.25, 0.3) is 5.91 Å². The maximum absolute atomic E-state index is 13.1. The van der Waals surface area contributed by atoms with Crippen molar-refractivity contribution in [1.82, 2.24) is 5.32 Å². The highest BCUT2D eigenvalue weighted by Gasteiger charge is 2.39. The molecule has 2 aromatic rings. The number of hydrogen-bond acceptors (Lipinski definition) is 5. The van der Waals surface area contributed by atoms with Gasteiger partial charge in [0.2, 0.25) is 11.8 Å². The molecule has 0 radical (unpaired) electrons. The molecule has 0 spiro atoms. The van der Waals surface area contributed by atoms with E-state index in [1.807, 2.05) is 39.0 Å². The van der Waals surface area contributed by atoms with Gasteiger partial charge in [-0.1, -0.05) is 23.8 Å². The summed E-state index contributed by atoms with van der Waals surface area (Å²) in [6.45, 7) is 5.75. The number of rotatable bonds is 4. The van der Waals surface area contributed by atoms with E-state index >= 15 is 0 Å². The Morgan fingerprint density at radius 1 is 1.13 bits per heavy atom. The lowest BCUT2D eigenvalue weighted by Crippen LogP contribution is -2.57. The Kier molecular flexibility index (Phi) is 6.28. The number of carbonyl (C=O) groups excluding carboxylic acids is 3. The van der Waals surface area contributed by atoms with E-state index in [1.165, 1.54) is 4.90 Å². The molecule has 2 aromatic carbocycles. The molecule has 1 fully saturated rings. The van der Waals surface area contributed by atoms with Crippen LogP contribution < -0.4 is 15.5 Å². The summed E-state index contributed by atoms with van der Waals surface area (Å²) in [7, 11) is 0. The molecule has 1 aliphatic heterocycles. The van der Waals surface area contributed by atoms with E-state index in [0.717, 1.165) is 22.8 Å². The van der Waals surface area contributed by atoms with E-state index in [4.69, 9.17) is 12.2 Å². The van der Waals surface area contributed by atoms with Crippen molar-refractivity contribution in [3.63, 3.8) is 0 Å². The number of aryl methyl sites for hydroxylation is 3. The monoisotopic (exact) mass is 432 g/mol. The Labute approximate surface area is 185 Å². The van der Waals surface area contributed by atoms with Gasteiger partial charge >= 0.3 is 0 Å². The fraction of sp³-hybridized carbons (Fsp3) is 0.174. The van der Waals surface area contributed by atoms with Crippen molar-refractivity contribution < 1.29 is 14.4 Å². The quantitative estimate of drug-likeness (QED) is 0.335. The van der Waals surface area contributed by atoms with Gasteiger partial charge in [-0.05, 0) is 74.5 Å². The minimum absolute atomic E-state index is 0.0504. The second-order valence-corrected chi connectivity index (χ2v) is 7.61. The average molecular weight is 433 g/mol. The molecule has 1 heterocycles. The predicted octanol–water partition coefficient (Wildman–Crippen LogP) is 3.06. The maximum Gasteiger partial charge on any atom is 0.266 e. The first kappa shape index (κ1) is 21.9. The number of hydrogen-bond donors (Lipinski definition) is 2. The minimum atomic E-state index is -1.37. The molecule has 3 amide bonds. The summed E-state index contributed by atoms with van der Waals surface area (Å²) in [4.78, 5) is 39.3. The zero-order valence-electron chi connectivity index (χ0n) is 17.2. The number of anilines is 2. The van der Waals surface area contributed by atoms with Crippen LogP contribution in [0.4, 0.5) is 11.4 Å². The van der Waals surface area contributed by atoms with Gasteiger partial charge in [-0.3, -0.25) is 19.3 Å². The highest BCUT2D eigenvalue weighted by molar-refractivity contribution is 7.80. The lowest BCUT2D eigenvalue weighted by atomic mass is 10.00. The molecule has 1 atom stereocenters. The van der Waals surface area contributed by atoms with Crippen LogP contribution >= 0.6 is 12.2 Å². The first-order chi connectivity index (χ1) is 14.7. The number of nitriles is 1. The summed E-state index contributed by atoms with van der Waals surface area (Å²) in [5.41, 5.74) is 3.66. The molecule has 0 bridgehead atoms. The summed E-state index contributed by atoms with van der Waals surface area (Å²) in [6, 6.07) is 14.1.